The maximum absolute atomic E-state index is 12.5. The van der Waals surface area contributed by atoms with Gasteiger partial charge in [0, 0.05) is 51.1 Å². The molecule has 25 heavy (non-hydrogen) atoms. The van der Waals surface area contributed by atoms with Crippen molar-refractivity contribution in [3.63, 3.8) is 0 Å². The minimum Gasteiger partial charge on any atom is -0.356 e. The van der Waals surface area contributed by atoms with Crippen molar-refractivity contribution in [1.82, 2.24) is 15.1 Å². The average molecular weight is 366 g/mol. The molecule has 0 radical (unpaired) electrons. The highest BCUT2D eigenvalue weighted by atomic mass is 35.5. The van der Waals surface area contributed by atoms with Crippen LogP contribution in [0.15, 0.2) is 24.3 Å². The van der Waals surface area contributed by atoms with E-state index in [1.54, 1.807) is 17.0 Å². The lowest BCUT2D eigenvalue weighted by Gasteiger charge is -2.22. The largest absolute Gasteiger partial charge is 0.356 e. The van der Waals surface area contributed by atoms with Gasteiger partial charge >= 0.3 is 0 Å². The quantitative estimate of drug-likeness (QED) is 0.859. The molecule has 1 fully saturated rings. The number of hydrogen-bond donors (Lipinski definition) is 1. The third-order valence-corrected chi connectivity index (χ3v) is 4.43. The SMILES string of the molecule is CC(=O)NCCC(=O)N1CCCN(C(=O)Cc2ccc(Cl)cc2)CC1. The first kappa shape index (κ1) is 19.2. The Morgan fingerprint density at radius 2 is 1.60 bits per heavy atom. The van der Waals surface area contributed by atoms with Gasteiger partial charge in [0.25, 0.3) is 0 Å². The zero-order chi connectivity index (χ0) is 18.2. The maximum atomic E-state index is 12.5. The van der Waals surface area contributed by atoms with E-state index < -0.39 is 0 Å². The maximum Gasteiger partial charge on any atom is 0.227 e. The summed E-state index contributed by atoms with van der Waals surface area (Å²) < 4.78 is 0. The van der Waals surface area contributed by atoms with E-state index >= 15 is 0 Å². The monoisotopic (exact) mass is 365 g/mol. The summed E-state index contributed by atoms with van der Waals surface area (Å²) in [6.45, 7) is 4.15. The van der Waals surface area contributed by atoms with Crippen LogP contribution in [-0.2, 0) is 20.8 Å². The zero-order valence-corrected chi connectivity index (χ0v) is 15.2. The molecule has 1 aromatic rings. The van der Waals surface area contributed by atoms with Crippen molar-refractivity contribution in [2.45, 2.75) is 26.2 Å². The Hall–Kier alpha value is -2.08. The van der Waals surface area contributed by atoms with E-state index in [-0.39, 0.29) is 24.1 Å². The lowest BCUT2D eigenvalue weighted by atomic mass is 10.1. The molecule has 7 heteroatoms. The van der Waals surface area contributed by atoms with Crippen molar-refractivity contribution in [3.05, 3.63) is 34.9 Å². The number of rotatable bonds is 5. The normalized spacial score (nSPS) is 14.8. The molecule has 3 amide bonds. The number of benzene rings is 1. The molecule has 0 spiro atoms. The molecule has 1 aliphatic rings. The Morgan fingerprint density at radius 1 is 1.00 bits per heavy atom. The number of carbonyl (C=O) groups excluding carboxylic acids is 3. The summed E-state index contributed by atoms with van der Waals surface area (Å²) >= 11 is 5.86. The predicted octanol–water partition coefficient (Wildman–Crippen LogP) is 1.47. The van der Waals surface area contributed by atoms with Crippen LogP contribution in [0.3, 0.4) is 0 Å². The molecule has 0 aliphatic carbocycles. The lowest BCUT2D eigenvalue weighted by molar-refractivity contribution is -0.133. The van der Waals surface area contributed by atoms with E-state index in [1.165, 1.54) is 6.92 Å². The fraction of sp³-hybridized carbons (Fsp3) is 0.500. The van der Waals surface area contributed by atoms with Gasteiger partial charge in [0.15, 0.2) is 0 Å². The van der Waals surface area contributed by atoms with E-state index in [1.807, 2.05) is 17.0 Å². The van der Waals surface area contributed by atoms with Crippen LogP contribution in [0.2, 0.25) is 5.02 Å². The van der Waals surface area contributed by atoms with Gasteiger partial charge in [-0.25, -0.2) is 0 Å². The van der Waals surface area contributed by atoms with Gasteiger partial charge in [-0.3, -0.25) is 14.4 Å². The van der Waals surface area contributed by atoms with Gasteiger partial charge in [-0.05, 0) is 24.1 Å². The average Bonchev–Trinajstić information content (AvgIpc) is 2.82. The molecule has 1 aromatic carbocycles. The van der Waals surface area contributed by atoms with Crippen molar-refractivity contribution in [2.75, 3.05) is 32.7 Å². The van der Waals surface area contributed by atoms with Gasteiger partial charge in [-0.1, -0.05) is 23.7 Å². The van der Waals surface area contributed by atoms with Crippen LogP contribution >= 0.6 is 11.6 Å². The van der Waals surface area contributed by atoms with Gasteiger partial charge in [0.1, 0.15) is 0 Å². The van der Waals surface area contributed by atoms with Gasteiger partial charge in [-0.2, -0.15) is 0 Å². The highest BCUT2D eigenvalue weighted by Crippen LogP contribution is 2.12. The van der Waals surface area contributed by atoms with Crippen molar-refractivity contribution in [1.29, 1.82) is 0 Å². The molecular formula is C18H24ClN3O3. The first-order chi connectivity index (χ1) is 12.0. The number of halogens is 1. The van der Waals surface area contributed by atoms with Crippen molar-refractivity contribution < 1.29 is 14.4 Å². The molecule has 0 unspecified atom stereocenters. The summed E-state index contributed by atoms with van der Waals surface area (Å²) in [6.07, 6.45) is 1.39. The molecule has 1 aliphatic heterocycles. The van der Waals surface area contributed by atoms with E-state index in [0.717, 1.165) is 12.0 Å². The Balaban J connectivity index is 1.81. The summed E-state index contributed by atoms with van der Waals surface area (Å²) in [7, 11) is 0. The molecule has 0 aromatic heterocycles. The molecule has 0 bridgehead atoms. The first-order valence-electron chi connectivity index (χ1n) is 8.50. The van der Waals surface area contributed by atoms with Crippen LogP contribution in [0.4, 0.5) is 0 Å². The number of nitrogens with zero attached hydrogens (tertiary/aromatic N) is 2. The molecule has 1 heterocycles. The van der Waals surface area contributed by atoms with E-state index in [9.17, 15) is 14.4 Å². The molecule has 0 atom stereocenters. The molecule has 136 valence electrons. The molecule has 1 saturated heterocycles. The van der Waals surface area contributed by atoms with Gasteiger partial charge in [0.05, 0.1) is 6.42 Å². The molecule has 2 rings (SSSR count). The predicted molar refractivity (Wildman–Crippen MR) is 96.2 cm³/mol. The fourth-order valence-corrected chi connectivity index (χ4v) is 2.93. The smallest absolute Gasteiger partial charge is 0.227 e. The van der Waals surface area contributed by atoms with Crippen LogP contribution in [-0.4, -0.2) is 60.2 Å². The minimum atomic E-state index is -0.136. The van der Waals surface area contributed by atoms with E-state index in [0.29, 0.717) is 44.2 Å². The zero-order valence-electron chi connectivity index (χ0n) is 14.5. The Labute approximate surface area is 153 Å². The summed E-state index contributed by atoms with van der Waals surface area (Å²) in [5, 5.41) is 3.28. The molecule has 6 nitrogen and oxygen atoms in total. The summed E-state index contributed by atoms with van der Waals surface area (Å²) in [5.74, 6) is -0.0572. The summed E-state index contributed by atoms with van der Waals surface area (Å²) in [6, 6.07) is 7.27. The standard InChI is InChI=1S/C18H24ClN3O3/c1-14(23)20-8-7-17(24)21-9-2-10-22(12-11-21)18(25)13-15-3-5-16(19)6-4-15/h3-6H,2,7-13H2,1H3,(H,20,23). The molecule has 1 N–H and O–H groups in total. The minimum absolute atomic E-state index is 0.0146. The molecular weight excluding hydrogens is 342 g/mol. The summed E-state index contributed by atoms with van der Waals surface area (Å²) in [4.78, 5) is 39.1. The lowest BCUT2D eigenvalue weighted by Crippen LogP contribution is -2.38. The molecule has 0 saturated carbocycles. The third-order valence-electron chi connectivity index (χ3n) is 4.18. The van der Waals surface area contributed by atoms with Crippen LogP contribution in [0.1, 0.15) is 25.3 Å². The van der Waals surface area contributed by atoms with Crippen molar-refractivity contribution in [3.8, 4) is 0 Å². The van der Waals surface area contributed by atoms with Crippen molar-refractivity contribution >= 4 is 29.3 Å². The number of nitrogens with one attached hydrogen (secondary N) is 1. The van der Waals surface area contributed by atoms with Gasteiger partial charge < -0.3 is 15.1 Å². The van der Waals surface area contributed by atoms with Crippen LogP contribution < -0.4 is 5.32 Å². The third kappa shape index (κ3) is 6.38. The second kappa shape index (κ2) is 9.42. The topological polar surface area (TPSA) is 69.7 Å². The number of amides is 3. The van der Waals surface area contributed by atoms with E-state index in [4.69, 9.17) is 11.6 Å². The van der Waals surface area contributed by atoms with Crippen LogP contribution in [0, 0.1) is 0 Å². The Morgan fingerprint density at radius 3 is 2.20 bits per heavy atom. The van der Waals surface area contributed by atoms with Gasteiger partial charge in [0.2, 0.25) is 17.7 Å². The second-order valence-corrected chi connectivity index (χ2v) is 6.59. The highest BCUT2D eigenvalue weighted by molar-refractivity contribution is 6.30. The Kier molecular flexibility index (Phi) is 7.25. The van der Waals surface area contributed by atoms with Crippen molar-refractivity contribution in [2.24, 2.45) is 0 Å². The fourth-order valence-electron chi connectivity index (χ4n) is 2.81. The number of hydrogen-bond acceptors (Lipinski definition) is 3. The summed E-state index contributed by atoms with van der Waals surface area (Å²) in [5.41, 5.74) is 0.932. The van der Waals surface area contributed by atoms with Crippen LogP contribution in [0.5, 0.6) is 0 Å². The highest BCUT2D eigenvalue weighted by Gasteiger charge is 2.21. The van der Waals surface area contributed by atoms with Crippen LogP contribution in [0.25, 0.3) is 0 Å². The first-order valence-corrected chi connectivity index (χ1v) is 8.88. The van der Waals surface area contributed by atoms with E-state index in [2.05, 4.69) is 5.32 Å². The van der Waals surface area contributed by atoms with Gasteiger partial charge in [-0.15, -0.1) is 0 Å². The second-order valence-electron chi connectivity index (χ2n) is 6.15. The Bertz CT molecular complexity index is 618. The number of carbonyl (C=O) groups is 3.